The standard InChI is InChI=1S/C26H31NO4/c1-20(31-25(29)18-9-8-15-21-11-4-2-5-12-21)23-19-27(26(23)30)24(28)17-10-16-22-13-6-3-7-14-22/h2-7,11-14,20,23H,8-10,15-19H2,1H3/t20-,23+/m1/s1. The van der Waals surface area contributed by atoms with E-state index in [4.69, 9.17) is 4.74 Å². The number of aryl methyl sites for hydroxylation is 2. The maximum Gasteiger partial charge on any atom is 0.306 e. The van der Waals surface area contributed by atoms with Crippen LogP contribution in [0.15, 0.2) is 60.7 Å². The minimum Gasteiger partial charge on any atom is -0.462 e. The normalized spacial score (nSPS) is 16.5. The lowest BCUT2D eigenvalue weighted by Gasteiger charge is -2.39. The second kappa shape index (κ2) is 11.4. The third-order valence-corrected chi connectivity index (χ3v) is 5.79. The number of benzene rings is 2. The van der Waals surface area contributed by atoms with Crippen molar-refractivity contribution in [3.63, 3.8) is 0 Å². The molecule has 1 aliphatic heterocycles. The van der Waals surface area contributed by atoms with E-state index >= 15 is 0 Å². The summed E-state index contributed by atoms with van der Waals surface area (Å²) in [5.41, 5.74) is 2.45. The summed E-state index contributed by atoms with van der Waals surface area (Å²) in [5.74, 6) is -1.06. The fourth-order valence-electron chi connectivity index (χ4n) is 3.84. The fraction of sp³-hybridized carbons (Fsp3) is 0.423. The molecule has 0 bridgehead atoms. The first-order valence-corrected chi connectivity index (χ1v) is 11.2. The molecule has 1 saturated heterocycles. The summed E-state index contributed by atoms with van der Waals surface area (Å²) in [7, 11) is 0. The summed E-state index contributed by atoms with van der Waals surface area (Å²) >= 11 is 0. The molecular formula is C26H31NO4. The van der Waals surface area contributed by atoms with Gasteiger partial charge in [-0.15, -0.1) is 0 Å². The van der Waals surface area contributed by atoms with Crippen molar-refractivity contribution in [2.75, 3.05) is 6.54 Å². The molecule has 5 nitrogen and oxygen atoms in total. The van der Waals surface area contributed by atoms with E-state index in [0.717, 1.165) is 25.7 Å². The van der Waals surface area contributed by atoms with Crippen molar-refractivity contribution in [1.82, 2.24) is 4.90 Å². The van der Waals surface area contributed by atoms with Crippen LogP contribution in [0.2, 0.25) is 0 Å². The van der Waals surface area contributed by atoms with Gasteiger partial charge in [-0.1, -0.05) is 60.7 Å². The number of amides is 2. The van der Waals surface area contributed by atoms with Crippen LogP contribution in [0.1, 0.15) is 50.2 Å². The van der Waals surface area contributed by atoms with Crippen LogP contribution in [0.5, 0.6) is 0 Å². The number of carbonyl (C=O) groups excluding carboxylic acids is 3. The SMILES string of the molecule is C[C@@H](OC(=O)CCCCc1ccccc1)[C@@H]1CN(C(=O)CCCc2ccccc2)C1=O. The number of β-lactam (4-membered cyclic amide) rings is 1. The second-order valence-electron chi connectivity index (χ2n) is 8.18. The molecule has 0 unspecified atom stereocenters. The number of hydrogen-bond donors (Lipinski definition) is 0. The molecule has 1 aliphatic rings. The Kier molecular flexibility index (Phi) is 8.39. The molecule has 2 amide bonds. The van der Waals surface area contributed by atoms with E-state index in [0.29, 0.717) is 25.8 Å². The highest BCUT2D eigenvalue weighted by atomic mass is 16.5. The molecule has 164 valence electrons. The molecular weight excluding hydrogens is 390 g/mol. The Morgan fingerprint density at radius 1 is 0.903 bits per heavy atom. The first-order valence-electron chi connectivity index (χ1n) is 11.2. The predicted octanol–water partition coefficient (Wildman–Crippen LogP) is 4.34. The van der Waals surface area contributed by atoms with Crippen molar-refractivity contribution in [2.24, 2.45) is 5.92 Å². The first-order chi connectivity index (χ1) is 15.0. The number of nitrogens with zero attached hydrogens (tertiary/aromatic N) is 1. The zero-order chi connectivity index (χ0) is 22.1. The third kappa shape index (κ3) is 6.78. The van der Waals surface area contributed by atoms with Crippen LogP contribution in [-0.4, -0.2) is 35.3 Å². The minimum atomic E-state index is -0.498. The van der Waals surface area contributed by atoms with E-state index in [1.54, 1.807) is 6.92 Å². The van der Waals surface area contributed by atoms with Crippen molar-refractivity contribution in [1.29, 1.82) is 0 Å². The van der Waals surface area contributed by atoms with Crippen LogP contribution in [0.4, 0.5) is 0 Å². The zero-order valence-corrected chi connectivity index (χ0v) is 18.2. The molecule has 3 rings (SSSR count). The lowest BCUT2D eigenvalue weighted by Crippen LogP contribution is -2.59. The molecule has 0 radical (unpaired) electrons. The summed E-state index contributed by atoms with van der Waals surface area (Å²) < 4.78 is 5.45. The molecule has 0 aromatic heterocycles. The maximum absolute atomic E-state index is 12.4. The Labute approximate surface area is 184 Å². The summed E-state index contributed by atoms with van der Waals surface area (Å²) in [6.07, 6.45) is 4.34. The maximum atomic E-state index is 12.4. The van der Waals surface area contributed by atoms with Gasteiger partial charge < -0.3 is 4.74 Å². The minimum absolute atomic E-state index is 0.142. The lowest BCUT2D eigenvalue weighted by atomic mass is 9.92. The second-order valence-corrected chi connectivity index (χ2v) is 8.18. The van der Waals surface area contributed by atoms with Crippen molar-refractivity contribution >= 4 is 17.8 Å². The average molecular weight is 422 g/mol. The van der Waals surface area contributed by atoms with Crippen molar-refractivity contribution in [3.05, 3.63) is 71.8 Å². The van der Waals surface area contributed by atoms with Crippen LogP contribution in [-0.2, 0) is 32.0 Å². The van der Waals surface area contributed by atoms with Crippen LogP contribution >= 0.6 is 0 Å². The quantitative estimate of drug-likeness (QED) is 0.308. The Morgan fingerprint density at radius 2 is 1.48 bits per heavy atom. The predicted molar refractivity (Wildman–Crippen MR) is 119 cm³/mol. The van der Waals surface area contributed by atoms with E-state index in [2.05, 4.69) is 12.1 Å². The molecule has 2 atom stereocenters. The van der Waals surface area contributed by atoms with Gasteiger partial charge in [0.05, 0.1) is 5.92 Å². The molecule has 1 fully saturated rings. The number of imide groups is 1. The Balaban J connectivity index is 1.30. The largest absolute Gasteiger partial charge is 0.462 e. The highest BCUT2D eigenvalue weighted by Gasteiger charge is 2.44. The summed E-state index contributed by atoms with van der Waals surface area (Å²) in [5, 5.41) is 0. The van der Waals surface area contributed by atoms with E-state index in [1.807, 2.05) is 48.5 Å². The number of ether oxygens (including phenoxy) is 1. The van der Waals surface area contributed by atoms with Crippen LogP contribution in [0, 0.1) is 5.92 Å². The Morgan fingerprint density at radius 3 is 2.06 bits per heavy atom. The summed E-state index contributed by atoms with van der Waals surface area (Å²) in [6.45, 7) is 2.08. The van der Waals surface area contributed by atoms with Gasteiger partial charge in [0.25, 0.3) is 0 Å². The van der Waals surface area contributed by atoms with Crippen LogP contribution in [0.3, 0.4) is 0 Å². The Hall–Kier alpha value is -2.95. The number of carbonyl (C=O) groups is 3. The molecule has 2 aromatic carbocycles. The lowest BCUT2D eigenvalue weighted by molar-refractivity contribution is -0.169. The number of unbranched alkanes of at least 4 members (excludes halogenated alkanes) is 1. The number of likely N-dealkylation sites (tertiary alicyclic amines) is 1. The van der Waals surface area contributed by atoms with Crippen LogP contribution < -0.4 is 0 Å². The first kappa shape index (κ1) is 22.7. The fourth-order valence-corrected chi connectivity index (χ4v) is 3.84. The van der Waals surface area contributed by atoms with Gasteiger partial charge in [0.15, 0.2) is 0 Å². The van der Waals surface area contributed by atoms with Gasteiger partial charge in [0.1, 0.15) is 6.10 Å². The van der Waals surface area contributed by atoms with E-state index in [1.165, 1.54) is 16.0 Å². The monoisotopic (exact) mass is 421 g/mol. The van der Waals surface area contributed by atoms with Crippen molar-refractivity contribution in [2.45, 2.75) is 58.0 Å². The van der Waals surface area contributed by atoms with Gasteiger partial charge >= 0.3 is 5.97 Å². The van der Waals surface area contributed by atoms with Crippen LogP contribution in [0.25, 0.3) is 0 Å². The number of rotatable bonds is 11. The van der Waals surface area contributed by atoms with Gasteiger partial charge in [-0.25, -0.2) is 0 Å². The highest BCUT2D eigenvalue weighted by Crippen LogP contribution is 2.25. The molecule has 0 aliphatic carbocycles. The molecule has 1 heterocycles. The van der Waals surface area contributed by atoms with E-state index in [9.17, 15) is 14.4 Å². The molecule has 0 N–H and O–H groups in total. The van der Waals surface area contributed by atoms with Gasteiger partial charge in [-0.05, 0) is 50.2 Å². The summed E-state index contributed by atoms with van der Waals surface area (Å²) in [6, 6.07) is 20.2. The topological polar surface area (TPSA) is 63.7 Å². The smallest absolute Gasteiger partial charge is 0.306 e. The van der Waals surface area contributed by atoms with Gasteiger partial charge in [-0.3, -0.25) is 19.3 Å². The van der Waals surface area contributed by atoms with Crippen molar-refractivity contribution in [3.8, 4) is 0 Å². The van der Waals surface area contributed by atoms with Gasteiger partial charge in [0.2, 0.25) is 11.8 Å². The number of esters is 1. The third-order valence-electron chi connectivity index (χ3n) is 5.79. The summed E-state index contributed by atoms with van der Waals surface area (Å²) in [4.78, 5) is 38.1. The van der Waals surface area contributed by atoms with Crippen molar-refractivity contribution < 1.29 is 19.1 Å². The average Bonchev–Trinajstić information content (AvgIpc) is 2.77. The van der Waals surface area contributed by atoms with Gasteiger partial charge in [-0.2, -0.15) is 0 Å². The number of hydrogen-bond acceptors (Lipinski definition) is 4. The van der Waals surface area contributed by atoms with E-state index in [-0.39, 0.29) is 17.8 Å². The van der Waals surface area contributed by atoms with E-state index < -0.39 is 12.0 Å². The molecule has 2 aromatic rings. The Bertz CT molecular complexity index is 865. The molecule has 31 heavy (non-hydrogen) atoms. The zero-order valence-electron chi connectivity index (χ0n) is 18.2. The molecule has 5 heteroatoms. The molecule has 0 spiro atoms. The highest BCUT2D eigenvalue weighted by molar-refractivity contribution is 6.01. The van der Waals surface area contributed by atoms with Gasteiger partial charge in [0, 0.05) is 19.4 Å². The molecule has 0 saturated carbocycles.